The third-order valence-electron chi connectivity index (χ3n) is 2.62. The van der Waals surface area contributed by atoms with Gasteiger partial charge in [0, 0.05) is 5.56 Å². The number of hydrogen-bond donors (Lipinski definition) is 1. The quantitative estimate of drug-likeness (QED) is 0.806. The number of thiophene rings is 1. The van der Waals surface area contributed by atoms with Gasteiger partial charge in [0.05, 0.1) is 16.6 Å². The van der Waals surface area contributed by atoms with Gasteiger partial charge in [-0.3, -0.25) is 0 Å². The zero-order valence-corrected chi connectivity index (χ0v) is 10.9. The van der Waals surface area contributed by atoms with Crippen LogP contribution < -0.4 is 5.73 Å². The van der Waals surface area contributed by atoms with Crippen LogP contribution in [-0.2, 0) is 6.18 Å². The second-order valence-corrected chi connectivity index (χ2v) is 5.08. The summed E-state index contributed by atoms with van der Waals surface area (Å²) in [5, 5.41) is 2.77. The average Bonchev–Trinajstić information content (AvgIpc) is 2.83. The van der Waals surface area contributed by atoms with Crippen LogP contribution in [0.5, 0.6) is 0 Å². The van der Waals surface area contributed by atoms with E-state index in [4.69, 9.17) is 17.3 Å². The van der Waals surface area contributed by atoms with Crippen LogP contribution in [0, 0.1) is 5.82 Å². The maximum atomic E-state index is 13.8. The van der Waals surface area contributed by atoms with Crippen LogP contribution in [0.4, 0.5) is 17.6 Å². The summed E-state index contributed by atoms with van der Waals surface area (Å²) in [7, 11) is 0. The number of benzene rings is 1. The molecule has 19 heavy (non-hydrogen) atoms. The molecule has 0 spiro atoms. The van der Waals surface area contributed by atoms with Crippen molar-refractivity contribution >= 4 is 22.9 Å². The number of rotatable bonds is 2. The molecule has 1 heterocycles. The largest absolute Gasteiger partial charge is 0.416 e. The molecule has 1 atom stereocenters. The van der Waals surface area contributed by atoms with Gasteiger partial charge in [-0.2, -0.15) is 24.5 Å². The Hall–Kier alpha value is -1.11. The molecule has 0 amide bonds. The molecule has 2 rings (SSSR count). The minimum absolute atomic E-state index is 0.266. The summed E-state index contributed by atoms with van der Waals surface area (Å²) in [6, 6.07) is 1.90. The van der Waals surface area contributed by atoms with Crippen LogP contribution in [0.3, 0.4) is 0 Å². The van der Waals surface area contributed by atoms with E-state index in [9.17, 15) is 17.6 Å². The van der Waals surface area contributed by atoms with E-state index in [-0.39, 0.29) is 5.56 Å². The van der Waals surface area contributed by atoms with Crippen molar-refractivity contribution in [3.63, 3.8) is 0 Å². The highest BCUT2D eigenvalue weighted by atomic mass is 35.5. The molecular formula is C12H8ClF4NS. The van der Waals surface area contributed by atoms with Gasteiger partial charge in [0.2, 0.25) is 0 Å². The molecule has 0 radical (unpaired) electrons. The molecule has 0 fully saturated rings. The lowest BCUT2D eigenvalue weighted by atomic mass is 9.99. The monoisotopic (exact) mass is 309 g/mol. The second kappa shape index (κ2) is 5.11. The van der Waals surface area contributed by atoms with Gasteiger partial charge in [-0.25, -0.2) is 4.39 Å². The lowest BCUT2D eigenvalue weighted by molar-refractivity contribution is -0.137. The molecule has 0 bridgehead atoms. The number of hydrogen-bond acceptors (Lipinski definition) is 2. The highest BCUT2D eigenvalue weighted by Crippen LogP contribution is 2.36. The molecule has 0 aliphatic carbocycles. The van der Waals surface area contributed by atoms with Gasteiger partial charge >= 0.3 is 6.18 Å². The zero-order chi connectivity index (χ0) is 14.2. The Balaban J connectivity index is 2.53. The van der Waals surface area contributed by atoms with Crippen molar-refractivity contribution in [3.8, 4) is 0 Å². The van der Waals surface area contributed by atoms with Crippen molar-refractivity contribution < 1.29 is 17.6 Å². The molecule has 2 N–H and O–H groups in total. The molecular weight excluding hydrogens is 302 g/mol. The Morgan fingerprint density at radius 2 is 1.95 bits per heavy atom. The van der Waals surface area contributed by atoms with Crippen molar-refractivity contribution in [2.45, 2.75) is 12.2 Å². The lowest BCUT2D eigenvalue weighted by Gasteiger charge is -2.15. The van der Waals surface area contributed by atoms with Gasteiger partial charge in [0.25, 0.3) is 0 Å². The summed E-state index contributed by atoms with van der Waals surface area (Å²) >= 11 is 6.83. The van der Waals surface area contributed by atoms with Crippen LogP contribution in [0.1, 0.15) is 22.7 Å². The highest BCUT2D eigenvalue weighted by molar-refractivity contribution is 7.08. The topological polar surface area (TPSA) is 26.0 Å². The van der Waals surface area contributed by atoms with E-state index in [1.54, 1.807) is 16.8 Å². The molecule has 2 aromatic rings. The van der Waals surface area contributed by atoms with Crippen molar-refractivity contribution in [2.24, 2.45) is 5.73 Å². The van der Waals surface area contributed by atoms with Crippen LogP contribution in [-0.4, -0.2) is 0 Å². The van der Waals surface area contributed by atoms with Crippen LogP contribution in [0.2, 0.25) is 5.02 Å². The molecule has 0 saturated carbocycles. The summed E-state index contributed by atoms with van der Waals surface area (Å²) in [5.41, 5.74) is 5.04. The van der Waals surface area contributed by atoms with Gasteiger partial charge in [-0.15, -0.1) is 0 Å². The molecule has 1 aromatic carbocycles. The van der Waals surface area contributed by atoms with E-state index >= 15 is 0 Å². The van der Waals surface area contributed by atoms with Gasteiger partial charge in [0.15, 0.2) is 0 Å². The van der Waals surface area contributed by atoms with E-state index in [1.165, 1.54) is 11.3 Å². The molecule has 1 nitrogen and oxygen atoms in total. The minimum Gasteiger partial charge on any atom is -0.320 e. The van der Waals surface area contributed by atoms with E-state index < -0.39 is 28.6 Å². The number of alkyl halides is 3. The second-order valence-electron chi connectivity index (χ2n) is 3.89. The summed E-state index contributed by atoms with van der Waals surface area (Å²) in [6.45, 7) is 0. The maximum absolute atomic E-state index is 13.8. The van der Waals surface area contributed by atoms with Gasteiger partial charge in [0.1, 0.15) is 5.82 Å². The molecule has 102 valence electrons. The standard InChI is InChI=1S/C12H8ClF4NS/c13-9-4-7(12(15,16)17)3-8(10(9)14)11(18)6-1-2-19-5-6/h1-5,11H,18H2/t11-/m0/s1. The predicted molar refractivity (Wildman–Crippen MR) is 66.8 cm³/mol. The third-order valence-corrected chi connectivity index (χ3v) is 3.60. The smallest absolute Gasteiger partial charge is 0.320 e. The Labute approximate surface area is 115 Å². The summed E-state index contributed by atoms with van der Waals surface area (Å²) < 4.78 is 51.8. The van der Waals surface area contributed by atoms with E-state index in [0.717, 1.165) is 0 Å². The van der Waals surface area contributed by atoms with Crippen molar-refractivity contribution in [3.05, 3.63) is 56.5 Å². The van der Waals surface area contributed by atoms with Gasteiger partial charge in [-0.1, -0.05) is 11.6 Å². The SMILES string of the molecule is N[C@@H](c1ccsc1)c1cc(C(F)(F)F)cc(Cl)c1F. The first kappa shape index (κ1) is 14.3. The first-order chi connectivity index (χ1) is 8.80. The Morgan fingerprint density at radius 1 is 1.26 bits per heavy atom. The first-order valence-electron chi connectivity index (χ1n) is 5.14. The predicted octanol–water partition coefficient (Wildman–Crippen LogP) is 4.61. The molecule has 0 aliphatic heterocycles. The Bertz CT molecular complexity index is 580. The van der Waals surface area contributed by atoms with Crippen LogP contribution in [0.15, 0.2) is 29.0 Å². The van der Waals surface area contributed by atoms with Crippen molar-refractivity contribution in [1.29, 1.82) is 0 Å². The fourth-order valence-electron chi connectivity index (χ4n) is 1.63. The average molecular weight is 310 g/mol. The van der Waals surface area contributed by atoms with Gasteiger partial charge < -0.3 is 5.73 Å². The Kier molecular flexibility index (Phi) is 3.85. The van der Waals surface area contributed by atoms with Crippen LogP contribution in [0.25, 0.3) is 0 Å². The van der Waals surface area contributed by atoms with E-state index in [0.29, 0.717) is 17.7 Å². The fourth-order valence-corrected chi connectivity index (χ4v) is 2.56. The lowest BCUT2D eigenvalue weighted by Crippen LogP contribution is -2.15. The van der Waals surface area contributed by atoms with Crippen LogP contribution >= 0.6 is 22.9 Å². The zero-order valence-electron chi connectivity index (χ0n) is 9.34. The van der Waals surface area contributed by atoms with Crippen molar-refractivity contribution in [2.75, 3.05) is 0 Å². The fraction of sp³-hybridized carbons (Fsp3) is 0.167. The number of nitrogens with two attached hydrogens (primary N) is 1. The normalized spacial score (nSPS) is 13.6. The molecule has 7 heteroatoms. The summed E-state index contributed by atoms with van der Waals surface area (Å²) in [4.78, 5) is 0. The highest BCUT2D eigenvalue weighted by Gasteiger charge is 2.33. The number of halogens is 5. The summed E-state index contributed by atoms with van der Waals surface area (Å²) in [5.74, 6) is -0.923. The van der Waals surface area contributed by atoms with Gasteiger partial charge in [-0.05, 0) is 34.5 Å². The van der Waals surface area contributed by atoms with Crippen molar-refractivity contribution in [1.82, 2.24) is 0 Å². The minimum atomic E-state index is -4.60. The Morgan fingerprint density at radius 3 is 2.47 bits per heavy atom. The third kappa shape index (κ3) is 2.91. The molecule has 0 saturated heterocycles. The van der Waals surface area contributed by atoms with E-state index in [2.05, 4.69) is 0 Å². The van der Waals surface area contributed by atoms with E-state index in [1.807, 2.05) is 0 Å². The molecule has 0 aliphatic rings. The molecule has 0 unspecified atom stereocenters. The first-order valence-corrected chi connectivity index (χ1v) is 6.46. The summed E-state index contributed by atoms with van der Waals surface area (Å²) in [6.07, 6.45) is -4.60. The molecule has 1 aromatic heterocycles. The maximum Gasteiger partial charge on any atom is 0.416 e.